The van der Waals surface area contributed by atoms with Crippen LogP contribution in [0.5, 0.6) is 0 Å². The van der Waals surface area contributed by atoms with Crippen molar-refractivity contribution >= 4 is 22.8 Å². The summed E-state index contributed by atoms with van der Waals surface area (Å²) in [6.45, 7) is 0. The highest BCUT2D eigenvalue weighted by Gasteiger charge is 2.25. The van der Waals surface area contributed by atoms with Crippen LogP contribution in [0.2, 0.25) is 0 Å². The quantitative estimate of drug-likeness (QED) is 0.530. The van der Waals surface area contributed by atoms with E-state index in [2.05, 4.69) is 0 Å². The van der Waals surface area contributed by atoms with Crippen LogP contribution in [-0.2, 0) is 4.79 Å². The maximum absolute atomic E-state index is 12.0. The number of hydrogen-bond acceptors (Lipinski definition) is 3. The molecule has 1 heterocycles. The number of aromatic nitrogens is 1. The maximum atomic E-state index is 12.0. The van der Waals surface area contributed by atoms with Crippen LogP contribution in [0.4, 0.5) is 0 Å². The maximum Gasteiger partial charge on any atom is 0.242 e. The van der Waals surface area contributed by atoms with Crippen molar-refractivity contribution in [2.45, 2.75) is 37.8 Å². The molecule has 104 valence electrons. The van der Waals surface area contributed by atoms with E-state index >= 15 is 0 Å². The minimum atomic E-state index is -0.475. The number of nitrogens with zero attached hydrogens (tertiary/aromatic N) is 1. The predicted octanol–water partition coefficient (Wildman–Crippen LogP) is 2.50. The molecule has 0 atom stereocenters. The summed E-state index contributed by atoms with van der Waals surface area (Å²) in [7, 11) is 0. The summed E-state index contributed by atoms with van der Waals surface area (Å²) in [5, 5.41) is 11.4. The van der Waals surface area contributed by atoms with Gasteiger partial charge in [0.1, 0.15) is 5.69 Å². The minimum Gasteiger partial charge on any atom is -0.393 e. The van der Waals surface area contributed by atoms with Gasteiger partial charge in [0.2, 0.25) is 5.78 Å². The molecule has 0 amide bonds. The number of aliphatic hydroxyl groups excluding tert-OH is 1. The van der Waals surface area contributed by atoms with Gasteiger partial charge in [-0.3, -0.25) is 9.59 Å². The normalized spacial score (nSPS) is 22.9. The van der Waals surface area contributed by atoms with E-state index in [-0.39, 0.29) is 12.1 Å². The van der Waals surface area contributed by atoms with Crippen molar-refractivity contribution in [3.8, 4) is 0 Å². The number of aldehydes is 1. The predicted molar refractivity (Wildman–Crippen MR) is 75.8 cm³/mol. The fourth-order valence-corrected chi connectivity index (χ4v) is 3.12. The molecule has 1 fully saturated rings. The second-order valence-corrected chi connectivity index (χ2v) is 5.42. The van der Waals surface area contributed by atoms with Crippen LogP contribution in [0.25, 0.3) is 10.8 Å². The molecule has 0 spiro atoms. The molecule has 0 aliphatic heterocycles. The van der Waals surface area contributed by atoms with Crippen molar-refractivity contribution < 1.29 is 14.7 Å². The first-order chi connectivity index (χ1) is 9.70. The fraction of sp³-hybridized carbons (Fsp3) is 0.375. The van der Waals surface area contributed by atoms with E-state index in [0.29, 0.717) is 12.0 Å². The monoisotopic (exact) mass is 271 g/mol. The molecule has 1 aromatic heterocycles. The van der Waals surface area contributed by atoms with Crippen LogP contribution in [0.1, 0.15) is 42.2 Å². The van der Waals surface area contributed by atoms with Crippen LogP contribution >= 0.6 is 0 Å². The molecule has 3 rings (SSSR count). The van der Waals surface area contributed by atoms with E-state index in [1.165, 1.54) is 0 Å². The molecule has 0 unspecified atom stereocenters. The summed E-state index contributed by atoms with van der Waals surface area (Å²) in [5.41, 5.74) is 0.483. The zero-order chi connectivity index (χ0) is 14.1. The number of fused-ring (bicyclic) bond motifs is 1. The number of rotatable bonds is 3. The van der Waals surface area contributed by atoms with E-state index in [1.807, 2.05) is 35.0 Å². The van der Waals surface area contributed by atoms with E-state index in [4.69, 9.17) is 0 Å². The Labute approximate surface area is 117 Å². The van der Waals surface area contributed by atoms with E-state index in [0.717, 1.165) is 36.5 Å². The summed E-state index contributed by atoms with van der Waals surface area (Å²) < 4.78 is 1.94. The zero-order valence-electron chi connectivity index (χ0n) is 11.2. The van der Waals surface area contributed by atoms with Crippen LogP contribution in [-0.4, -0.2) is 27.8 Å². The van der Waals surface area contributed by atoms with Crippen molar-refractivity contribution in [2.24, 2.45) is 0 Å². The summed E-state index contributed by atoms with van der Waals surface area (Å²) in [6.07, 6.45) is 5.26. The second-order valence-electron chi connectivity index (χ2n) is 5.42. The summed E-state index contributed by atoms with van der Waals surface area (Å²) in [6, 6.07) is 7.81. The Morgan fingerprint density at radius 2 is 1.90 bits per heavy atom. The topological polar surface area (TPSA) is 59.3 Å². The largest absolute Gasteiger partial charge is 0.393 e. The lowest BCUT2D eigenvalue weighted by Crippen LogP contribution is -2.23. The molecule has 20 heavy (non-hydrogen) atoms. The van der Waals surface area contributed by atoms with Crippen LogP contribution in [0.3, 0.4) is 0 Å². The van der Waals surface area contributed by atoms with Gasteiger partial charge in [-0.25, -0.2) is 0 Å². The average Bonchev–Trinajstić information content (AvgIpc) is 2.86. The first-order valence-electron chi connectivity index (χ1n) is 6.98. The molecule has 0 saturated heterocycles. The Bertz CT molecular complexity index is 651. The first kappa shape index (κ1) is 13.1. The highest BCUT2D eigenvalue weighted by Crippen LogP contribution is 2.33. The lowest BCUT2D eigenvalue weighted by molar-refractivity contribution is -0.104. The Morgan fingerprint density at radius 1 is 1.20 bits per heavy atom. The van der Waals surface area contributed by atoms with Gasteiger partial charge in [-0.2, -0.15) is 0 Å². The van der Waals surface area contributed by atoms with Crippen molar-refractivity contribution in [3.05, 3.63) is 36.2 Å². The van der Waals surface area contributed by atoms with Gasteiger partial charge in [0.25, 0.3) is 0 Å². The van der Waals surface area contributed by atoms with E-state index in [9.17, 15) is 14.7 Å². The molecular weight excluding hydrogens is 254 g/mol. The molecule has 4 nitrogen and oxygen atoms in total. The van der Waals surface area contributed by atoms with Gasteiger partial charge >= 0.3 is 0 Å². The van der Waals surface area contributed by atoms with Crippen molar-refractivity contribution in [1.82, 2.24) is 4.57 Å². The molecule has 1 aromatic carbocycles. The van der Waals surface area contributed by atoms with Gasteiger partial charge in [-0.15, -0.1) is 0 Å². The molecule has 1 N–H and O–H groups in total. The Kier molecular flexibility index (Phi) is 3.40. The lowest BCUT2D eigenvalue weighted by Gasteiger charge is -2.27. The SMILES string of the molecule is O=CC(=O)c1c2ccccc2cn1C1CCC(O)CC1. The van der Waals surface area contributed by atoms with Crippen molar-refractivity contribution in [2.75, 3.05) is 0 Å². The number of benzene rings is 1. The summed E-state index contributed by atoms with van der Waals surface area (Å²) in [4.78, 5) is 22.9. The van der Waals surface area contributed by atoms with Gasteiger partial charge < -0.3 is 9.67 Å². The molecule has 0 bridgehead atoms. The molecule has 1 saturated carbocycles. The standard InChI is InChI=1S/C16H17NO3/c18-10-15(20)16-14-4-2-1-3-11(14)9-17(16)12-5-7-13(19)8-6-12/h1-4,9-10,12-13,19H,5-8H2. The molecular formula is C16H17NO3. The highest BCUT2D eigenvalue weighted by molar-refractivity contribution is 6.35. The smallest absolute Gasteiger partial charge is 0.242 e. The average molecular weight is 271 g/mol. The lowest BCUT2D eigenvalue weighted by atomic mass is 9.92. The number of carbonyl (C=O) groups excluding carboxylic acids is 2. The van der Waals surface area contributed by atoms with Crippen molar-refractivity contribution in [1.29, 1.82) is 0 Å². The molecule has 4 heteroatoms. The van der Waals surface area contributed by atoms with Gasteiger partial charge in [-0.05, 0) is 25.7 Å². The Morgan fingerprint density at radius 3 is 2.60 bits per heavy atom. The Hall–Kier alpha value is -1.94. The van der Waals surface area contributed by atoms with Crippen LogP contribution in [0.15, 0.2) is 30.5 Å². The highest BCUT2D eigenvalue weighted by atomic mass is 16.3. The number of Topliss-reactive ketones (excluding diaryl/α,β-unsaturated/α-hetero) is 1. The van der Waals surface area contributed by atoms with Gasteiger partial charge in [-0.1, -0.05) is 24.3 Å². The van der Waals surface area contributed by atoms with Gasteiger partial charge in [0.05, 0.1) is 6.10 Å². The van der Waals surface area contributed by atoms with Crippen molar-refractivity contribution in [3.63, 3.8) is 0 Å². The zero-order valence-corrected chi connectivity index (χ0v) is 11.2. The third kappa shape index (κ3) is 2.16. The number of ketones is 1. The summed E-state index contributed by atoms with van der Waals surface area (Å²) >= 11 is 0. The van der Waals surface area contributed by atoms with Gasteiger partial charge in [0, 0.05) is 23.0 Å². The van der Waals surface area contributed by atoms with Gasteiger partial charge in [0.15, 0.2) is 6.29 Å². The van der Waals surface area contributed by atoms with E-state index in [1.54, 1.807) is 0 Å². The third-order valence-electron chi connectivity index (χ3n) is 4.15. The first-order valence-corrected chi connectivity index (χ1v) is 6.98. The molecule has 1 aliphatic rings. The fourth-order valence-electron chi connectivity index (χ4n) is 3.12. The second kappa shape index (κ2) is 5.21. The Balaban J connectivity index is 2.09. The summed E-state index contributed by atoms with van der Waals surface area (Å²) in [5.74, 6) is -0.475. The minimum absolute atomic E-state index is 0.185. The van der Waals surface area contributed by atoms with E-state index < -0.39 is 5.78 Å². The number of hydrogen-bond donors (Lipinski definition) is 1. The molecule has 2 aromatic rings. The number of carbonyl (C=O) groups is 2. The number of aliphatic hydroxyl groups is 1. The molecule has 0 radical (unpaired) electrons. The third-order valence-corrected chi connectivity index (χ3v) is 4.15. The van der Waals surface area contributed by atoms with Crippen LogP contribution < -0.4 is 0 Å². The van der Waals surface area contributed by atoms with Crippen LogP contribution in [0, 0.1) is 0 Å². The molecule has 1 aliphatic carbocycles.